The predicted octanol–water partition coefficient (Wildman–Crippen LogP) is 6.75. The number of hydrogen-bond acceptors (Lipinski definition) is 4. The van der Waals surface area contributed by atoms with Gasteiger partial charge in [-0.15, -0.1) is 11.3 Å². The molecule has 0 saturated heterocycles. The zero-order chi connectivity index (χ0) is 19.5. The lowest BCUT2D eigenvalue weighted by molar-refractivity contribution is -0.117. The van der Waals surface area contributed by atoms with Crippen LogP contribution in [-0.2, 0) is 17.6 Å². The van der Waals surface area contributed by atoms with Gasteiger partial charge in [0.2, 0.25) is 0 Å². The summed E-state index contributed by atoms with van der Waals surface area (Å²) in [5.41, 5.74) is 0.805. The molecule has 0 unspecified atom stereocenters. The van der Waals surface area contributed by atoms with Gasteiger partial charge in [-0.1, -0.05) is 65.7 Å². The first-order valence-corrected chi connectivity index (χ1v) is 10.3. The molecule has 0 aliphatic carbocycles. The number of Topliss-reactive ketones (excluding diaryl/α,β-unsaturated/α-hetero) is 1. The van der Waals surface area contributed by atoms with Gasteiger partial charge >= 0.3 is 0 Å². The van der Waals surface area contributed by atoms with Gasteiger partial charge in [0.15, 0.2) is 5.75 Å². The number of ketones is 1. The van der Waals surface area contributed by atoms with Crippen molar-refractivity contribution in [2.75, 3.05) is 0 Å². The molecule has 0 aliphatic heterocycles. The summed E-state index contributed by atoms with van der Waals surface area (Å²) in [6, 6.07) is 16.8. The van der Waals surface area contributed by atoms with Crippen LogP contribution in [0.5, 0.6) is 11.5 Å². The Kier molecular flexibility index (Phi) is 5.62. The van der Waals surface area contributed by atoms with Gasteiger partial charge in [0.1, 0.15) is 11.5 Å². The summed E-state index contributed by atoms with van der Waals surface area (Å²) in [6.07, 6.45) is 2.29. The number of ether oxygens (including phenoxy) is 1. The molecule has 0 fully saturated rings. The van der Waals surface area contributed by atoms with Gasteiger partial charge in [0.25, 0.3) is 0 Å². The second-order valence-corrected chi connectivity index (χ2v) is 8.04. The highest BCUT2D eigenvalue weighted by atomic mass is 35.5. The Balaban J connectivity index is 1.65. The van der Waals surface area contributed by atoms with E-state index in [1.165, 1.54) is 11.3 Å². The summed E-state index contributed by atoms with van der Waals surface area (Å²) in [5.74, 6) is 1.21. The summed E-state index contributed by atoms with van der Waals surface area (Å²) >= 11 is 14.2. The molecule has 28 heavy (non-hydrogen) atoms. The topological polar surface area (TPSA) is 39.2 Å². The van der Waals surface area contributed by atoms with Crippen molar-refractivity contribution in [2.45, 2.75) is 12.8 Å². The average Bonchev–Trinajstić information content (AvgIpc) is 3.19. The van der Waals surface area contributed by atoms with Gasteiger partial charge < -0.3 is 4.74 Å². The van der Waals surface area contributed by atoms with Crippen LogP contribution in [0.15, 0.2) is 66.2 Å². The number of nitrogens with zero attached hydrogens (tertiary/aromatic N) is 1. The lowest BCUT2D eigenvalue weighted by Gasteiger charge is -2.15. The molecule has 4 aromatic rings. The van der Waals surface area contributed by atoms with Crippen LogP contribution in [0.4, 0.5) is 0 Å². The number of thiazole rings is 1. The predicted molar refractivity (Wildman–Crippen MR) is 115 cm³/mol. The Labute approximate surface area is 176 Å². The Hall–Kier alpha value is -2.40. The number of carbonyl (C=O) groups is 1. The highest BCUT2D eigenvalue weighted by Gasteiger charge is 2.15. The van der Waals surface area contributed by atoms with Crippen molar-refractivity contribution in [1.82, 2.24) is 4.98 Å². The fourth-order valence-electron chi connectivity index (χ4n) is 3.02. The van der Waals surface area contributed by atoms with Gasteiger partial charge in [-0.05, 0) is 12.1 Å². The first-order chi connectivity index (χ1) is 13.6. The molecule has 0 spiro atoms. The molecule has 1 aromatic heterocycles. The third-order valence-corrected chi connectivity index (χ3v) is 5.68. The molecule has 3 aromatic carbocycles. The summed E-state index contributed by atoms with van der Waals surface area (Å²) in [7, 11) is 0. The minimum Gasteiger partial charge on any atom is -0.455 e. The van der Waals surface area contributed by atoms with Crippen LogP contribution in [0, 0.1) is 0 Å². The molecule has 0 amide bonds. The van der Waals surface area contributed by atoms with E-state index in [0.29, 0.717) is 28.0 Å². The van der Waals surface area contributed by atoms with Gasteiger partial charge in [-0.3, -0.25) is 4.79 Å². The second kappa shape index (κ2) is 8.31. The SMILES string of the molecule is O=C(Cc1nccs1)Cc1ccccc1Oc1c(Cl)cc(Cl)c2ccccc12. The number of hydrogen-bond donors (Lipinski definition) is 0. The van der Waals surface area contributed by atoms with E-state index in [9.17, 15) is 4.79 Å². The number of fused-ring (bicyclic) bond motifs is 1. The van der Waals surface area contributed by atoms with Crippen LogP contribution in [0.25, 0.3) is 10.8 Å². The molecule has 3 nitrogen and oxygen atoms in total. The number of para-hydroxylation sites is 1. The molecule has 0 saturated carbocycles. The third-order valence-electron chi connectivity index (χ3n) is 4.30. The molecule has 0 aliphatic rings. The Bertz CT molecular complexity index is 1140. The van der Waals surface area contributed by atoms with Crippen LogP contribution in [-0.4, -0.2) is 10.8 Å². The number of carbonyl (C=O) groups excluding carboxylic acids is 1. The molecule has 1 heterocycles. The summed E-state index contributed by atoms with van der Waals surface area (Å²) in [5, 5.41) is 5.36. The monoisotopic (exact) mass is 427 g/mol. The normalized spacial score (nSPS) is 10.9. The van der Waals surface area contributed by atoms with Crippen molar-refractivity contribution in [3.05, 3.63) is 86.8 Å². The molecular weight excluding hydrogens is 413 g/mol. The lowest BCUT2D eigenvalue weighted by atomic mass is 10.1. The van der Waals surface area contributed by atoms with Gasteiger partial charge in [-0.2, -0.15) is 0 Å². The van der Waals surface area contributed by atoms with E-state index in [1.54, 1.807) is 12.3 Å². The second-order valence-electron chi connectivity index (χ2n) is 6.24. The fraction of sp³-hybridized carbons (Fsp3) is 0.0909. The quantitative estimate of drug-likeness (QED) is 0.341. The smallest absolute Gasteiger partial charge is 0.153 e. The zero-order valence-corrected chi connectivity index (χ0v) is 17.0. The van der Waals surface area contributed by atoms with Crippen molar-refractivity contribution in [2.24, 2.45) is 0 Å². The van der Waals surface area contributed by atoms with Crippen molar-refractivity contribution >= 4 is 51.1 Å². The standard InChI is InChI=1S/C22H15Cl2NO2S/c23-18-13-19(24)22(17-7-3-2-6-16(17)18)27-20-8-4-1-5-14(20)11-15(26)12-21-25-9-10-28-21/h1-10,13H,11-12H2. The minimum atomic E-state index is 0.0815. The van der Waals surface area contributed by atoms with Crippen LogP contribution in [0.3, 0.4) is 0 Å². The minimum absolute atomic E-state index is 0.0815. The Morgan fingerprint density at radius 1 is 0.964 bits per heavy atom. The van der Waals surface area contributed by atoms with Crippen molar-refractivity contribution in [1.29, 1.82) is 0 Å². The molecule has 0 radical (unpaired) electrons. The van der Waals surface area contributed by atoms with E-state index in [1.807, 2.05) is 53.9 Å². The Morgan fingerprint density at radius 2 is 1.71 bits per heavy atom. The molecule has 4 rings (SSSR count). The van der Waals surface area contributed by atoms with Crippen molar-refractivity contribution < 1.29 is 9.53 Å². The first kappa shape index (κ1) is 18.9. The van der Waals surface area contributed by atoms with Crippen LogP contribution < -0.4 is 4.74 Å². The molecular formula is C22H15Cl2NO2S. The first-order valence-electron chi connectivity index (χ1n) is 8.64. The molecule has 140 valence electrons. The third kappa shape index (κ3) is 4.04. The van der Waals surface area contributed by atoms with Crippen molar-refractivity contribution in [3.63, 3.8) is 0 Å². The largest absolute Gasteiger partial charge is 0.455 e. The molecule has 0 atom stereocenters. The number of benzene rings is 3. The van der Waals surface area contributed by atoms with E-state index >= 15 is 0 Å². The van der Waals surface area contributed by atoms with E-state index in [0.717, 1.165) is 21.3 Å². The van der Waals surface area contributed by atoms with Crippen LogP contribution in [0.2, 0.25) is 10.0 Å². The van der Waals surface area contributed by atoms with E-state index < -0.39 is 0 Å². The van der Waals surface area contributed by atoms with Gasteiger partial charge in [0, 0.05) is 34.3 Å². The maximum absolute atomic E-state index is 12.5. The highest BCUT2D eigenvalue weighted by molar-refractivity contribution is 7.09. The van der Waals surface area contributed by atoms with Crippen LogP contribution >= 0.6 is 34.5 Å². The van der Waals surface area contributed by atoms with Gasteiger partial charge in [-0.25, -0.2) is 4.98 Å². The highest BCUT2D eigenvalue weighted by Crippen LogP contribution is 2.41. The lowest BCUT2D eigenvalue weighted by Crippen LogP contribution is -2.07. The van der Waals surface area contributed by atoms with E-state index in [-0.39, 0.29) is 12.2 Å². The summed E-state index contributed by atoms with van der Waals surface area (Å²) < 4.78 is 6.19. The maximum atomic E-state index is 12.5. The average molecular weight is 428 g/mol. The molecule has 0 N–H and O–H groups in total. The maximum Gasteiger partial charge on any atom is 0.153 e. The molecule has 6 heteroatoms. The fourth-order valence-corrected chi connectivity index (χ4v) is 4.24. The number of aromatic nitrogens is 1. The Morgan fingerprint density at radius 3 is 2.50 bits per heavy atom. The van der Waals surface area contributed by atoms with E-state index in [4.69, 9.17) is 27.9 Å². The van der Waals surface area contributed by atoms with Crippen molar-refractivity contribution in [3.8, 4) is 11.5 Å². The zero-order valence-electron chi connectivity index (χ0n) is 14.7. The number of halogens is 2. The van der Waals surface area contributed by atoms with Crippen LogP contribution in [0.1, 0.15) is 10.6 Å². The molecule has 0 bridgehead atoms. The summed E-state index contributed by atoms with van der Waals surface area (Å²) in [4.78, 5) is 16.7. The van der Waals surface area contributed by atoms with Gasteiger partial charge in [0.05, 0.1) is 21.5 Å². The number of rotatable bonds is 6. The summed E-state index contributed by atoms with van der Waals surface area (Å²) in [6.45, 7) is 0. The van der Waals surface area contributed by atoms with E-state index in [2.05, 4.69) is 4.98 Å².